The first-order chi connectivity index (χ1) is 9.35. The number of ether oxygens (including phenoxy) is 1. The van der Waals surface area contributed by atoms with Crippen LogP contribution in [-0.2, 0) is 4.74 Å². The van der Waals surface area contributed by atoms with Crippen molar-refractivity contribution < 1.29 is 4.74 Å². The van der Waals surface area contributed by atoms with Gasteiger partial charge in [-0.1, -0.05) is 19.1 Å². The van der Waals surface area contributed by atoms with E-state index in [1.807, 2.05) is 30.5 Å². The van der Waals surface area contributed by atoms with Crippen molar-refractivity contribution in [1.29, 1.82) is 0 Å². The quantitative estimate of drug-likeness (QED) is 0.777. The fourth-order valence-corrected chi connectivity index (χ4v) is 2.17. The first-order valence-electron chi connectivity index (χ1n) is 6.79. The van der Waals surface area contributed by atoms with Crippen LogP contribution in [0.2, 0.25) is 0 Å². The highest BCUT2D eigenvalue weighted by Crippen LogP contribution is 2.18. The van der Waals surface area contributed by atoms with E-state index in [0.717, 1.165) is 42.7 Å². The standard InChI is InChI=1S/C15H21N3O/c1-3-16-13(9-6-10-19-2)15-11-17-12-7-4-5-8-14(12)18-15/h4-5,7-8,11,13,16H,3,6,9-10H2,1-2H3. The number of fused-ring (bicyclic) bond motifs is 1. The van der Waals surface area contributed by atoms with Gasteiger partial charge in [-0.15, -0.1) is 0 Å². The van der Waals surface area contributed by atoms with Gasteiger partial charge in [0.25, 0.3) is 0 Å². The second-order valence-electron chi connectivity index (χ2n) is 4.53. The van der Waals surface area contributed by atoms with Gasteiger partial charge in [-0.2, -0.15) is 0 Å². The molecule has 0 aliphatic heterocycles. The van der Waals surface area contributed by atoms with Crippen molar-refractivity contribution in [1.82, 2.24) is 15.3 Å². The zero-order valence-electron chi connectivity index (χ0n) is 11.6. The topological polar surface area (TPSA) is 47.0 Å². The average molecular weight is 259 g/mol. The summed E-state index contributed by atoms with van der Waals surface area (Å²) in [6, 6.07) is 8.21. The summed E-state index contributed by atoms with van der Waals surface area (Å²) in [5, 5.41) is 3.46. The van der Waals surface area contributed by atoms with Crippen LogP contribution in [0.3, 0.4) is 0 Å². The molecule has 0 radical (unpaired) electrons. The van der Waals surface area contributed by atoms with Gasteiger partial charge in [0.05, 0.1) is 29.0 Å². The van der Waals surface area contributed by atoms with Gasteiger partial charge in [0.1, 0.15) is 0 Å². The molecular formula is C15H21N3O. The summed E-state index contributed by atoms with van der Waals surface area (Å²) in [7, 11) is 1.73. The number of rotatable bonds is 7. The molecule has 0 aliphatic rings. The molecule has 4 heteroatoms. The Labute approximate surface area is 114 Å². The minimum Gasteiger partial charge on any atom is -0.385 e. The molecule has 0 saturated carbocycles. The third-order valence-corrected chi connectivity index (χ3v) is 3.12. The Balaban J connectivity index is 2.17. The largest absolute Gasteiger partial charge is 0.385 e. The highest BCUT2D eigenvalue weighted by molar-refractivity contribution is 5.73. The monoisotopic (exact) mass is 259 g/mol. The Morgan fingerprint density at radius 3 is 2.79 bits per heavy atom. The van der Waals surface area contributed by atoms with Crippen molar-refractivity contribution >= 4 is 11.0 Å². The van der Waals surface area contributed by atoms with Crippen LogP contribution >= 0.6 is 0 Å². The van der Waals surface area contributed by atoms with Crippen molar-refractivity contribution in [3.05, 3.63) is 36.2 Å². The van der Waals surface area contributed by atoms with Crippen molar-refractivity contribution in [2.45, 2.75) is 25.8 Å². The Bertz CT molecular complexity index is 515. The molecule has 2 aromatic rings. The first kappa shape index (κ1) is 13.9. The summed E-state index contributed by atoms with van der Waals surface area (Å²) < 4.78 is 5.11. The molecule has 102 valence electrons. The van der Waals surface area contributed by atoms with Gasteiger partial charge in [0.15, 0.2) is 0 Å². The third-order valence-electron chi connectivity index (χ3n) is 3.12. The van der Waals surface area contributed by atoms with Crippen molar-refractivity contribution in [3.63, 3.8) is 0 Å². The molecule has 1 unspecified atom stereocenters. The van der Waals surface area contributed by atoms with Crippen LogP contribution < -0.4 is 5.32 Å². The fourth-order valence-electron chi connectivity index (χ4n) is 2.17. The van der Waals surface area contributed by atoms with Crippen molar-refractivity contribution in [2.24, 2.45) is 0 Å². The summed E-state index contributed by atoms with van der Waals surface area (Å²) >= 11 is 0. The van der Waals surface area contributed by atoms with Gasteiger partial charge in [-0.05, 0) is 31.5 Å². The average Bonchev–Trinajstić information content (AvgIpc) is 2.46. The maximum absolute atomic E-state index is 5.11. The number of nitrogens with one attached hydrogen (secondary N) is 1. The molecule has 2 rings (SSSR count). The zero-order valence-corrected chi connectivity index (χ0v) is 11.6. The van der Waals surface area contributed by atoms with Crippen LogP contribution in [0.5, 0.6) is 0 Å². The van der Waals surface area contributed by atoms with Gasteiger partial charge < -0.3 is 10.1 Å². The number of benzene rings is 1. The molecule has 0 fully saturated rings. The SMILES string of the molecule is CCNC(CCCOC)c1cnc2ccccc2n1. The normalized spacial score (nSPS) is 12.7. The maximum atomic E-state index is 5.11. The number of methoxy groups -OCH3 is 1. The molecule has 1 aromatic carbocycles. The highest BCUT2D eigenvalue weighted by Gasteiger charge is 2.12. The summed E-state index contributed by atoms with van der Waals surface area (Å²) in [6.45, 7) is 3.81. The molecule has 4 nitrogen and oxygen atoms in total. The van der Waals surface area contributed by atoms with Gasteiger partial charge in [-0.25, -0.2) is 4.98 Å². The van der Waals surface area contributed by atoms with Gasteiger partial charge in [-0.3, -0.25) is 4.98 Å². The van der Waals surface area contributed by atoms with E-state index in [0.29, 0.717) is 0 Å². The second-order valence-corrected chi connectivity index (χ2v) is 4.53. The van der Waals surface area contributed by atoms with Crippen molar-refractivity contribution in [3.8, 4) is 0 Å². The van der Waals surface area contributed by atoms with E-state index >= 15 is 0 Å². The van der Waals surface area contributed by atoms with E-state index < -0.39 is 0 Å². The summed E-state index contributed by atoms with van der Waals surface area (Å²) in [4.78, 5) is 9.19. The number of hydrogen-bond donors (Lipinski definition) is 1. The van der Waals surface area contributed by atoms with E-state index in [9.17, 15) is 0 Å². The molecule has 1 N–H and O–H groups in total. The van der Waals surface area contributed by atoms with Crippen LogP contribution in [0, 0.1) is 0 Å². The first-order valence-corrected chi connectivity index (χ1v) is 6.79. The van der Waals surface area contributed by atoms with Crippen LogP contribution in [0.4, 0.5) is 0 Å². The van der Waals surface area contributed by atoms with E-state index in [1.54, 1.807) is 7.11 Å². The Kier molecular flexibility index (Phi) is 5.24. The number of hydrogen-bond acceptors (Lipinski definition) is 4. The van der Waals surface area contributed by atoms with Crippen LogP contribution in [0.1, 0.15) is 31.5 Å². The van der Waals surface area contributed by atoms with Crippen LogP contribution in [0.25, 0.3) is 11.0 Å². The van der Waals surface area contributed by atoms with E-state index in [-0.39, 0.29) is 6.04 Å². The lowest BCUT2D eigenvalue weighted by Crippen LogP contribution is -2.22. The molecule has 0 spiro atoms. The van der Waals surface area contributed by atoms with E-state index in [2.05, 4.69) is 17.2 Å². The second kappa shape index (κ2) is 7.16. The Morgan fingerprint density at radius 1 is 1.26 bits per heavy atom. The molecule has 1 aromatic heterocycles. The lowest BCUT2D eigenvalue weighted by Gasteiger charge is -2.17. The lowest BCUT2D eigenvalue weighted by molar-refractivity contribution is 0.188. The molecule has 0 bridgehead atoms. The summed E-state index contributed by atoms with van der Waals surface area (Å²) in [6.07, 6.45) is 3.90. The predicted molar refractivity (Wildman–Crippen MR) is 77.1 cm³/mol. The molecule has 1 heterocycles. The van der Waals surface area contributed by atoms with Gasteiger partial charge in [0, 0.05) is 13.7 Å². The zero-order chi connectivity index (χ0) is 13.5. The van der Waals surface area contributed by atoms with Gasteiger partial charge in [0.2, 0.25) is 0 Å². The Morgan fingerprint density at radius 2 is 2.05 bits per heavy atom. The summed E-state index contributed by atoms with van der Waals surface area (Å²) in [5.74, 6) is 0. The molecule has 0 amide bonds. The smallest absolute Gasteiger partial charge is 0.0890 e. The number of para-hydroxylation sites is 2. The van der Waals surface area contributed by atoms with Crippen LogP contribution in [-0.4, -0.2) is 30.2 Å². The molecular weight excluding hydrogens is 238 g/mol. The van der Waals surface area contributed by atoms with Crippen LogP contribution in [0.15, 0.2) is 30.5 Å². The maximum Gasteiger partial charge on any atom is 0.0890 e. The molecule has 19 heavy (non-hydrogen) atoms. The minimum absolute atomic E-state index is 0.247. The Hall–Kier alpha value is -1.52. The third kappa shape index (κ3) is 3.72. The molecule has 0 aliphatic carbocycles. The number of aromatic nitrogens is 2. The fraction of sp³-hybridized carbons (Fsp3) is 0.467. The van der Waals surface area contributed by atoms with Crippen molar-refractivity contribution in [2.75, 3.05) is 20.3 Å². The minimum atomic E-state index is 0.247. The highest BCUT2D eigenvalue weighted by atomic mass is 16.5. The predicted octanol–water partition coefficient (Wildman–Crippen LogP) is 2.71. The van der Waals surface area contributed by atoms with E-state index in [4.69, 9.17) is 9.72 Å². The lowest BCUT2D eigenvalue weighted by atomic mass is 10.1. The molecule has 1 atom stereocenters. The number of nitrogens with zero attached hydrogens (tertiary/aromatic N) is 2. The van der Waals surface area contributed by atoms with E-state index in [1.165, 1.54) is 0 Å². The molecule has 0 saturated heterocycles. The summed E-state index contributed by atoms with van der Waals surface area (Å²) in [5.41, 5.74) is 2.91. The van der Waals surface area contributed by atoms with Gasteiger partial charge >= 0.3 is 0 Å².